The van der Waals surface area contributed by atoms with Crippen LogP contribution in [0.15, 0.2) is 18.2 Å². The fourth-order valence-electron chi connectivity index (χ4n) is 1.42. The van der Waals surface area contributed by atoms with Crippen LogP contribution in [0.1, 0.15) is 30.4 Å². The third kappa shape index (κ3) is 1.62. The molecule has 0 spiro atoms. The molecule has 0 heterocycles. The second-order valence-electron chi connectivity index (χ2n) is 3.57. The first-order valence-electron chi connectivity index (χ1n) is 4.33. The molecule has 14 heavy (non-hydrogen) atoms. The minimum atomic E-state index is -2.52. The van der Waals surface area contributed by atoms with Gasteiger partial charge in [-0.25, -0.2) is 8.78 Å². The minimum Gasteiger partial charge on any atom is -0.385 e. The standard InChI is InChI=1S/C10H9ClF2O/c11-8-2-1-6(9(12)13)5-7(8)10(14)3-4-10/h1-2,5,9,14H,3-4H2. The fraction of sp³-hybridized carbons (Fsp3) is 0.400. The molecule has 0 bridgehead atoms. The summed E-state index contributed by atoms with van der Waals surface area (Å²) < 4.78 is 24.7. The number of benzene rings is 1. The van der Waals surface area contributed by atoms with Crippen molar-refractivity contribution in [2.45, 2.75) is 24.9 Å². The van der Waals surface area contributed by atoms with E-state index in [4.69, 9.17) is 11.6 Å². The van der Waals surface area contributed by atoms with Crippen LogP contribution in [-0.4, -0.2) is 5.11 Å². The van der Waals surface area contributed by atoms with E-state index in [-0.39, 0.29) is 5.56 Å². The van der Waals surface area contributed by atoms with Crippen LogP contribution in [0.4, 0.5) is 8.78 Å². The second kappa shape index (κ2) is 3.17. The van der Waals surface area contributed by atoms with Crippen molar-refractivity contribution in [3.05, 3.63) is 34.3 Å². The summed E-state index contributed by atoms with van der Waals surface area (Å²) in [6.45, 7) is 0. The molecule has 0 saturated heterocycles. The molecule has 0 radical (unpaired) electrons. The number of hydrogen-bond donors (Lipinski definition) is 1. The average Bonchev–Trinajstić information content (AvgIpc) is 2.85. The third-order valence-electron chi connectivity index (χ3n) is 2.47. The quantitative estimate of drug-likeness (QED) is 0.808. The van der Waals surface area contributed by atoms with Gasteiger partial charge in [-0.15, -0.1) is 0 Å². The summed E-state index contributed by atoms with van der Waals surface area (Å²) in [6, 6.07) is 3.98. The molecule has 0 amide bonds. The van der Waals surface area contributed by atoms with E-state index in [9.17, 15) is 13.9 Å². The number of alkyl halides is 2. The van der Waals surface area contributed by atoms with E-state index in [2.05, 4.69) is 0 Å². The predicted octanol–water partition coefficient (Wildman–Crippen LogP) is 3.26. The minimum absolute atomic E-state index is 0.0928. The van der Waals surface area contributed by atoms with Crippen molar-refractivity contribution >= 4 is 11.6 Å². The molecule has 0 aromatic heterocycles. The van der Waals surface area contributed by atoms with Gasteiger partial charge in [-0.05, 0) is 25.0 Å². The molecule has 2 rings (SSSR count). The number of halogens is 3. The van der Waals surface area contributed by atoms with Gasteiger partial charge >= 0.3 is 0 Å². The summed E-state index contributed by atoms with van der Waals surface area (Å²) in [5, 5.41) is 10.1. The molecule has 1 nitrogen and oxygen atoms in total. The van der Waals surface area contributed by atoms with Crippen molar-refractivity contribution in [2.24, 2.45) is 0 Å². The molecule has 1 aliphatic carbocycles. The van der Waals surface area contributed by atoms with Crippen molar-refractivity contribution in [1.29, 1.82) is 0 Å². The summed E-state index contributed by atoms with van der Waals surface area (Å²) in [5.41, 5.74) is -0.621. The topological polar surface area (TPSA) is 20.2 Å². The predicted molar refractivity (Wildman–Crippen MR) is 49.5 cm³/mol. The molecule has 1 aromatic rings. The van der Waals surface area contributed by atoms with E-state index in [0.717, 1.165) is 0 Å². The molecule has 0 unspecified atom stereocenters. The van der Waals surface area contributed by atoms with Gasteiger partial charge in [-0.1, -0.05) is 17.7 Å². The van der Waals surface area contributed by atoms with Gasteiger partial charge in [-0.2, -0.15) is 0 Å². The Balaban J connectivity index is 2.43. The number of aliphatic hydroxyl groups is 1. The number of hydrogen-bond acceptors (Lipinski definition) is 1. The second-order valence-corrected chi connectivity index (χ2v) is 3.98. The molecule has 76 valence electrons. The lowest BCUT2D eigenvalue weighted by atomic mass is 10.0. The summed E-state index contributed by atoms with van der Waals surface area (Å²) >= 11 is 5.82. The van der Waals surface area contributed by atoms with Crippen LogP contribution < -0.4 is 0 Å². The molecule has 1 N–H and O–H groups in total. The van der Waals surface area contributed by atoms with Crippen LogP contribution in [0, 0.1) is 0 Å². The summed E-state index contributed by atoms with van der Waals surface area (Å²) in [4.78, 5) is 0. The molecule has 1 aliphatic rings. The Morgan fingerprint density at radius 1 is 1.36 bits per heavy atom. The molecule has 0 aliphatic heterocycles. The first-order chi connectivity index (χ1) is 6.53. The molecular weight excluding hydrogens is 210 g/mol. The highest BCUT2D eigenvalue weighted by atomic mass is 35.5. The van der Waals surface area contributed by atoms with Crippen LogP contribution in [0.25, 0.3) is 0 Å². The molecule has 1 aromatic carbocycles. The van der Waals surface area contributed by atoms with Crippen LogP contribution >= 0.6 is 11.6 Å². The Labute approximate surface area is 85.3 Å². The van der Waals surface area contributed by atoms with Crippen LogP contribution in [0.5, 0.6) is 0 Å². The van der Waals surface area contributed by atoms with Crippen molar-refractivity contribution < 1.29 is 13.9 Å². The Morgan fingerprint density at radius 3 is 2.50 bits per heavy atom. The van der Waals surface area contributed by atoms with Gasteiger partial charge in [0.25, 0.3) is 6.43 Å². The van der Waals surface area contributed by atoms with Gasteiger partial charge in [0.15, 0.2) is 0 Å². The largest absolute Gasteiger partial charge is 0.385 e. The number of rotatable bonds is 2. The van der Waals surface area contributed by atoms with Crippen molar-refractivity contribution in [1.82, 2.24) is 0 Å². The lowest BCUT2D eigenvalue weighted by molar-refractivity contribution is 0.144. The fourth-order valence-corrected chi connectivity index (χ4v) is 1.72. The lowest BCUT2D eigenvalue weighted by Crippen LogP contribution is -2.05. The third-order valence-corrected chi connectivity index (χ3v) is 2.80. The van der Waals surface area contributed by atoms with Gasteiger partial charge < -0.3 is 5.11 Å². The molecule has 1 saturated carbocycles. The first-order valence-corrected chi connectivity index (χ1v) is 4.71. The molecule has 1 fully saturated rings. The maximum atomic E-state index is 12.4. The highest BCUT2D eigenvalue weighted by Gasteiger charge is 2.43. The average molecular weight is 219 g/mol. The van der Waals surface area contributed by atoms with E-state index >= 15 is 0 Å². The highest BCUT2D eigenvalue weighted by Crippen LogP contribution is 2.48. The summed E-state index contributed by atoms with van der Waals surface area (Å²) in [7, 11) is 0. The zero-order valence-corrected chi connectivity index (χ0v) is 8.06. The zero-order chi connectivity index (χ0) is 10.3. The van der Waals surface area contributed by atoms with Crippen molar-refractivity contribution in [3.8, 4) is 0 Å². The van der Waals surface area contributed by atoms with Crippen LogP contribution in [0.3, 0.4) is 0 Å². The van der Waals surface area contributed by atoms with Gasteiger partial charge in [0, 0.05) is 16.1 Å². The van der Waals surface area contributed by atoms with Gasteiger partial charge in [0.05, 0.1) is 5.60 Å². The SMILES string of the molecule is OC1(c2cc(C(F)F)ccc2Cl)CC1. The van der Waals surface area contributed by atoms with E-state index in [1.54, 1.807) is 0 Å². The van der Waals surface area contributed by atoms with Gasteiger partial charge in [0.2, 0.25) is 0 Å². The van der Waals surface area contributed by atoms with Gasteiger partial charge in [0.1, 0.15) is 0 Å². The van der Waals surface area contributed by atoms with Crippen molar-refractivity contribution in [3.63, 3.8) is 0 Å². The first kappa shape index (κ1) is 9.87. The van der Waals surface area contributed by atoms with Crippen LogP contribution in [0.2, 0.25) is 5.02 Å². The maximum Gasteiger partial charge on any atom is 0.263 e. The smallest absolute Gasteiger partial charge is 0.263 e. The van der Waals surface area contributed by atoms with E-state index < -0.39 is 12.0 Å². The van der Waals surface area contributed by atoms with Crippen molar-refractivity contribution in [2.75, 3.05) is 0 Å². The van der Waals surface area contributed by atoms with E-state index in [1.165, 1.54) is 18.2 Å². The highest BCUT2D eigenvalue weighted by molar-refractivity contribution is 6.31. The molecule has 0 atom stereocenters. The van der Waals surface area contributed by atoms with E-state index in [1.807, 2.05) is 0 Å². The lowest BCUT2D eigenvalue weighted by Gasteiger charge is -2.11. The Kier molecular flexibility index (Phi) is 2.24. The Hall–Kier alpha value is -0.670. The van der Waals surface area contributed by atoms with Crippen LogP contribution in [-0.2, 0) is 5.60 Å². The Morgan fingerprint density at radius 2 is 2.00 bits per heavy atom. The van der Waals surface area contributed by atoms with Gasteiger partial charge in [-0.3, -0.25) is 0 Å². The summed E-state index contributed by atoms with van der Waals surface area (Å²) in [5.74, 6) is 0. The van der Waals surface area contributed by atoms with E-state index in [0.29, 0.717) is 23.4 Å². The maximum absolute atomic E-state index is 12.4. The Bertz CT molecular complexity index is 361. The summed E-state index contributed by atoms with van der Waals surface area (Å²) in [6.07, 6.45) is -1.33. The normalized spacial score (nSPS) is 18.6. The molecular formula is C10H9ClF2O. The zero-order valence-electron chi connectivity index (χ0n) is 7.30. The monoisotopic (exact) mass is 218 g/mol. The molecule has 4 heteroatoms.